The number of pyridine rings is 1. The fourth-order valence-electron chi connectivity index (χ4n) is 1.86. The highest BCUT2D eigenvalue weighted by atomic mass is 79.9. The number of nitrogens with zero attached hydrogens (tertiary/aromatic N) is 1. The van der Waals surface area contributed by atoms with Gasteiger partial charge in [0, 0.05) is 18.2 Å². The van der Waals surface area contributed by atoms with E-state index in [0.29, 0.717) is 15.6 Å². The summed E-state index contributed by atoms with van der Waals surface area (Å²) < 4.78 is 26.9. The van der Waals surface area contributed by atoms with Gasteiger partial charge in [-0.2, -0.15) is 0 Å². The second-order valence-corrected chi connectivity index (χ2v) is 5.35. The third-order valence-corrected chi connectivity index (χ3v) is 3.78. The Morgan fingerprint density at radius 3 is 2.74 bits per heavy atom. The molecule has 19 heavy (non-hydrogen) atoms. The minimum Gasteiger partial charge on any atom is -0.385 e. The van der Waals surface area contributed by atoms with Gasteiger partial charge in [-0.05, 0) is 40.5 Å². The molecule has 1 unspecified atom stereocenters. The molecule has 0 saturated carbocycles. The molecular weight excluding hydrogens is 316 g/mol. The standard InChI is InChI=1S/C14H12BrF2NO/c1-14(19,10-5-11(16)8-18-7-10)6-9-3-2-4-12(17)13(9)15/h2-5,7-8,19H,6H2,1H3. The summed E-state index contributed by atoms with van der Waals surface area (Å²) in [6.07, 6.45) is 2.62. The summed E-state index contributed by atoms with van der Waals surface area (Å²) in [5.74, 6) is -0.915. The highest BCUT2D eigenvalue weighted by Crippen LogP contribution is 2.29. The average molecular weight is 328 g/mol. The molecule has 1 aromatic carbocycles. The van der Waals surface area contributed by atoms with E-state index in [0.717, 1.165) is 6.20 Å². The Labute approximate surface area is 118 Å². The summed E-state index contributed by atoms with van der Waals surface area (Å²) in [6.45, 7) is 1.54. The van der Waals surface area contributed by atoms with E-state index in [-0.39, 0.29) is 6.42 Å². The Balaban J connectivity index is 2.33. The van der Waals surface area contributed by atoms with Crippen molar-refractivity contribution in [2.24, 2.45) is 0 Å². The van der Waals surface area contributed by atoms with Crippen LogP contribution < -0.4 is 0 Å². The summed E-state index contributed by atoms with van der Waals surface area (Å²) in [5, 5.41) is 10.4. The van der Waals surface area contributed by atoms with Crippen molar-refractivity contribution in [1.82, 2.24) is 4.98 Å². The molecule has 1 N–H and O–H groups in total. The molecule has 1 aromatic heterocycles. The third-order valence-electron chi connectivity index (χ3n) is 2.89. The Kier molecular flexibility index (Phi) is 3.96. The maximum Gasteiger partial charge on any atom is 0.141 e. The average Bonchev–Trinajstić information content (AvgIpc) is 2.35. The van der Waals surface area contributed by atoms with Crippen LogP contribution in [0.1, 0.15) is 18.1 Å². The van der Waals surface area contributed by atoms with Crippen LogP contribution >= 0.6 is 15.9 Å². The maximum atomic E-state index is 13.4. The highest BCUT2D eigenvalue weighted by Gasteiger charge is 2.26. The van der Waals surface area contributed by atoms with Crippen molar-refractivity contribution in [3.05, 3.63) is 63.9 Å². The Bertz CT molecular complexity index is 602. The summed E-state index contributed by atoms with van der Waals surface area (Å²) in [7, 11) is 0. The minimum atomic E-state index is -1.33. The first-order valence-corrected chi connectivity index (χ1v) is 6.46. The van der Waals surface area contributed by atoms with Crippen LogP contribution in [0.4, 0.5) is 8.78 Å². The van der Waals surface area contributed by atoms with E-state index in [2.05, 4.69) is 20.9 Å². The van der Waals surface area contributed by atoms with E-state index in [1.807, 2.05) is 0 Å². The second kappa shape index (κ2) is 5.35. The first-order valence-electron chi connectivity index (χ1n) is 5.66. The molecule has 100 valence electrons. The molecule has 0 fully saturated rings. The number of rotatable bonds is 3. The van der Waals surface area contributed by atoms with E-state index >= 15 is 0 Å². The van der Waals surface area contributed by atoms with Crippen LogP contribution in [0, 0.1) is 11.6 Å². The van der Waals surface area contributed by atoms with Crippen LogP contribution in [0.5, 0.6) is 0 Å². The van der Waals surface area contributed by atoms with Crippen molar-refractivity contribution in [1.29, 1.82) is 0 Å². The Hall–Kier alpha value is -1.33. The zero-order valence-electron chi connectivity index (χ0n) is 10.2. The van der Waals surface area contributed by atoms with Crippen molar-refractivity contribution in [2.45, 2.75) is 18.9 Å². The fraction of sp³-hybridized carbons (Fsp3) is 0.214. The van der Waals surface area contributed by atoms with Crippen molar-refractivity contribution in [2.75, 3.05) is 0 Å². The summed E-state index contributed by atoms with van der Waals surface area (Å²) in [4.78, 5) is 3.71. The lowest BCUT2D eigenvalue weighted by atomic mass is 9.90. The van der Waals surface area contributed by atoms with Crippen LogP contribution in [-0.2, 0) is 12.0 Å². The number of aliphatic hydroxyl groups is 1. The molecule has 2 aromatic rings. The fourth-order valence-corrected chi connectivity index (χ4v) is 2.27. The lowest BCUT2D eigenvalue weighted by Crippen LogP contribution is -2.25. The Morgan fingerprint density at radius 1 is 1.32 bits per heavy atom. The van der Waals surface area contributed by atoms with Crippen LogP contribution in [-0.4, -0.2) is 10.1 Å². The largest absolute Gasteiger partial charge is 0.385 e. The predicted molar refractivity (Wildman–Crippen MR) is 71.6 cm³/mol. The van der Waals surface area contributed by atoms with Crippen LogP contribution in [0.3, 0.4) is 0 Å². The van der Waals surface area contributed by atoms with Gasteiger partial charge in [-0.1, -0.05) is 12.1 Å². The molecule has 5 heteroatoms. The first kappa shape index (κ1) is 14.1. The van der Waals surface area contributed by atoms with Gasteiger partial charge in [0.25, 0.3) is 0 Å². The van der Waals surface area contributed by atoms with Crippen molar-refractivity contribution < 1.29 is 13.9 Å². The quantitative estimate of drug-likeness (QED) is 0.934. The van der Waals surface area contributed by atoms with Crippen LogP contribution in [0.15, 0.2) is 41.1 Å². The second-order valence-electron chi connectivity index (χ2n) is 4.56. The molecule has 0 aliphatic carbocycles. The number of aromatic nitrogens is 1. The van der Waals surface area contributed by atoms with Gasteiger partial charge in [0.1, 0.15) is 11.6 Å². The topological polar surface area (TPSA) is 33.1 Å². The molecule has 0 amide bonds. The molecule has 0 spiro atoms. The molecule has 0 radical (unpaired) electrons. The molecule has 2 nitrogen and oxygen atoms in total. The highest BCUT2D eigenvalue weighted by molar-refractivity contribution is 9.10. The van der Waals surface area contributed by atoms with Crippen molar-refractivity contribution in [3.8, 4) is 0 Å². The first-order chi connectivity index (χ1) is 8.90. The molecule has 0 aliphatic rings. The van der Waals surface area contributed by atoms with E-state index in [1.54, 1.807) is 19.1 Å². The normalized spacial score (nSPS) is 14.2. The van der Waals surface area contributed by atoms with Crippen LogP contribution in [0.25, 0.3) is 0 Å². The lowest BCUT2D eigenvalue weighted by molar-refractivity contribution is 0.0566. The molecular formula is C14H12BrF2NO. The van der Waals surface area contributed by atoms with Crippen molar-refractivity contribution in [3.63, 3.8) is 0 Å². The van der Waals surface area contributed by atoms with Gasteiger partial charge in [0.05, 0.1) is 16.3 Å². The zero-order chi connectivity index (χ0) is 14.0. The van der Waals surface area contributed by atoms with Gasteiger partial charge in [0.2, 0.25) is 0 Å². The molecule has 0 bridgehead atoms. The van der Waals surface area contributed by atoms with Gasteiger partial charge >= 0.3 is 0 Å². The van der Waals surface area contributed by atoms with Gasteiger partial charge in [-0.15, -0.1) is 0 Å². The van der Waals surface area contributed by atoms with E-state index < -0.39 is 17.2 Å². The van der Waals surface area contributed by atoms with E-state index in [1.165, 1.54) is 18.3 Å². The SMILES string of the molecule is CC(O)(Cc1cccc(F)c1Br)c1cncc(F)c1. The molecule has 0 aliphatic heterocycles. The number of hydrogen-bond acceptors (Lipinski definition) is 2. The van der Waals surface area contributed by atoms with Gasteiger partial charge in [-0.25, -0.2) is 8.78 Å². The zero-order valence-corrected chi connectivity index (χ0v) is 11.8. The number of halogens is 3. The van der Waals surface area contributed by atoms with Gasteiger partial charge < -0.3 is 5.11 Å². The number of hydrogen-bond donors (Lipinski definition) is 1. The van der Waals surface area contributed by atoms with E-state index in [9.17, 15) is 13.9 Å². The predicted octanol–water partition coefficient (Wildman–Crippen LogP) is 3.57. The lowest BCUT2D eigenvalue weighted by Gasteiger charge is -2.24. The third kappa shape index (κ3) is 3.16. The van der Waals surface area contributed by atoms with Crippen LogP contribution in [0.2, 0.25) is 0 Å². The Morgan fingerprint density at radius 2 is 2.05 bits per heavy atom. The molecule has 1 atom stereocenters. The van der Waals surface area contributed by atoms with Gasteiger partial charge in [0.15, 0.2) is 0 Å². The summed E-state index contributed by atoms with van der Waals surface area (Å²) >= 11 is 3.14. The van der Waals surface area contributed by atoms with Crippen molar-refractivity contribution >= 4 is 15.9 Å². The monoisotopic (exact) mass is 327 g/mol. The summed E-state index contributed by atoms with van der Waals surface area (Å²) in [5.41, 5.74) is -0.372. The molecule has 0 saturated heterocycles. The van der Waals surface area contributed by atoms with E-state index in [4.69, 9.17) is 0 Å². The number of benzene rings is 1. The smallest absolute Gasteiger partial charge is 0.141 e. The maximum absolute atomic E-state index is 13.4. The molecule has 1 heterocycles. The molecule has 2 rings (SSSR count). The minimum absolute atomic E-state index is 0.149. The summed E-state index contributed by atoms with van der Waals surface area (Å²) in [6, 6.07) is 5.82. The van der Waals surface area contributed by atoms with Gasteiger partial charge in [-0.3, -0.25) is 4.98 Å².